The predicted molar refractivity (Wildman–Crippen MR) is 83.5 cm³/mol. The van der Waals surface area contributed by atoms with Crippen molar-refractivity contribution in [3.05, 3.63) is 54.8 Å². The Morgan fingerprint density at radius 2 is 2.04 bits per heavy atom. The molecule has 0 aliphatic heterocycles. The number of rotatable bonds is 2. The fourth-order valence-corrected chi connectivity index (χ4v) is 2.26. The number of hydrogen-bond donors (Lipinski definition) is 2. The van der Waals surface area contributed by atoms with E-state index in [2.05, 4.69) is 34.3 Å². The van der Waals surface area contributed by atoms with Gasteiger partial charge in [0.15, 0.2) is 11.5 Å². The largest absolute Gasteiger partial charge is 2.00 e. The number of ketones is 1. The molecule has 6 nitrogen and oxygen atoms in total. The molecule has 0 spiro atoms. The van der Waals surface area contributed by atoms with Gasteiger partial charge >= 0.3 is 21.1 Å². The third-order valence-electron chi connectivity index (χ3n) is 3.25. The molecule has 120 valence electrons. The minimum atomic E-state index is -0.406. The van der Waals surface area contributed by atoms with Crippen molar-refractivity contribution in [1.82, 2.24) is 15.2 Å². The summed E-state index contributed by atoms with van der Waals surface area (Å²) in [6.45, 7) is 8.67. The number of carbonyl (C=O) groups excluding carboxylic acids is 2. The molecule has 1 amide bonds. The number of amides is 1. The number of aromatic nitrogens is 3. The number of aromatic amines is 1. The van der Waals surface area contributed by atoms with Crippen molar-refractivity contribution < 1.29 is 30.7 Å². The molecular weight excluding hydrogens is 464 g/mol. The average Bonchev–Trinajstić information content (AvgIpc) is 2.97. The Morgan fingerprint density at radius 1 is 1.30 bits per heavy atom. The second-order valence-electron chi connectivity index (χ2n) is 4.69. The molecule has 2 aromatic rings. The average molecular weight is 482 g/mol. The van der Waals surface area contributed by atoms with Gasteiger partial charge in [-0.25, -0.2) is 6.92 Å². The first-order chi connectivity index (χ1) is 10.6. The molecule has 0 atom stereocenters. The van der Waals surface area contributed by atoms with E-state index < -0.39 is 5.91 Å². The Labute approximate surface area is 149 Å². The molecule has 2 aromatic heterocycles. The molecule has 7 heteroatoms. The second-order valence-corrected chi connectivity index (χ2v) is 4.69. The van der Waals surface area contributed by atoms with Crippen LogP contribution in [0.1, 0.15) is 52.0 Å². The van der Waals surface area contributed by atoms with E-state index in [1.165, 1.54) is 6.20 Å². The molecule has 0 radical (unpaired) electrons. The number of H-pyrrole nitrogens is 1. The number of nitrogens with one attached hydrogen (secondary N) is 2. The van der Waals surface area contributed by atoms with Crippen LogP contribution in [-0.4, -0.2) is 26.9 Å². The quantitative estimate of drug-likeness (QED) is 0.645. The SMILES string of the molecule is [CH2-]C.[CH2-]c1ccc(NC(=O)c2n[nH]c3c2C(=O)CCC3)cn1.[W+2]. The summed E-state index contributed by atoms with van der Waals surface area (Å²) in [5.74, 6) is -0.437. The van der Waals surface area contributed by atoms with Gasteiger partial charge in [-0.15, -0.1) is 11.8 Å². The maximum absolute atomic E-state index is 12.2. The summed E-state index contributed by atoms with van der Waals surface area (Å²) in [6.07, 6.45) is 3.52. The van der Waals surface area contributed by atoms with Crippen molar-refractivity contribution >= 4 is 17.4 Å². The van der Waals surface area contributed by atoms with Gasteiger partial charge in [0.1, 0.15) is 0 Å². The monoisotopic (exact) mass is 482 g/mol. The Balaban J connectivity index is 0.000000849. The molecule has 3 rings (SSSR count). The topological polar surface area (TPSA) is 87.7 Å². The fraction of sp³-hybridized carbons (Fsp3) is 0.250. The molecule has 0 fully saturated rings. The molecule has 23 heavy (non-hydrogen) atoms. The molecule has 0 bridgehead atoms. The van der Waals surface area contributed by atoms with Crippen molar-refractivity contribution in [3.8, 4) is 0 Å². The van der Waals surface area contributed by atoms with Crippen molar-refractivity contribution in [2.45, 2.75) is 26.2 Å². The van der Waals surface area contributed by atoms with Gasteiger partial charge in [-0.05, 0) is 12.8 Å². The van der Waals surface area contributed by atoms with E-state index >= 15 is 0 Å². The summed E-state index contributed by atoms with van der Waals surface area (Å²) in [5.41, 5.74) is 2.49. The van der Waals surface area contributed by atoms with Gasteiger partial charge in [0.05, 0.1) is 5.56 Å². The van der Waals surface area contributed by atoms with E-state index in [-0.39, 0.29) is 32.5 Å². The van der Waals surface area contributed by atoms with Crippen LogP contribution in [-0.2, 0) is 27.5 Å². The van der Waals surface area contributed by atoms with E-state index in [1.54, 1.807) is 19.1 Å². The summed E-state index contributed by atoms with van der Waals surface area (Å²) in [4.78, 5) is 28.1. The number of nitrogens with zero attached hydrogens (tertiary/aromatic N) is 2. The number of aryl methyl sites for hydroxylation is 1. The van der Waals surface area contributed by atoms with Gasteiger partial charge in [-0.3, -0.25) is 19.7 Å². The fourth-order valence-electron chi connectivity index (χ4n) is 2.26. The summed E-state index contributed by atoms with van der Waals surface area (Å²) in [7, 11) is 0. The maximum Gasteiger partial charge on any atom is 2.00 e. The van der Waals surface area contributed by atoms with Crippen LogP contribution in [0.15, 0.2) is 18.3 Å². The standard InChI is InChI=1S/C14H13N4O2.C2H5.W/c1-8-5-6-9(7-15-8)16-14(20)13-12-10(17-18-13)3-2-4-11(12)19;1-2;/h5-7H,1-4H2,(H,16,20)(H,17,18);1H2,2H3;/q2*-1;+2. The van der Waals surface area contributed by atoms with E-state index in [1.807, 2.05) is 0 Å². The zero-order valence-electron chi connectivity index (χ0n) is 12.9. The third-order valence-corrected chi connectivity index (χ3v) is 3.25. The maximum atomic E-state index is 12.2. The Kier molecular flexibility index (Phi) is 7.17. The van der Waals surface area contributed by atoms with E-state index in [4.69, 9.17) is 0 Å². The van der Waals surface area contributed by atoms with Crippen molar-refractivity contribution in [2.75, 3.05) is 5.32 Å². The molecule has 2 heterocycles. The van der Waals surface area contributed by atoms with Crippen molar-refractivity contribution in [1.29, 1.82) is 0 Å². The summed E-state index contributed by atoms with van der Waals surface area (Å²) < 4.78 is 0. The molecule has 1 aliphatic carbocycles. The number of anilines is 1. The number of pyridine rings is 1. The van der Waals surface area contributed by atoms with Crippen molar-refractivity contribution in [2.24, 2.45) is 0 Å². The van der Waals surface area contributed by atoms with Gasteiger partial charge in [-0.1, -0.05) is 0 Å². The van der Waals surface area contributed by atoms with Crippen LogP contribution in [0.5, 0.6) is 0 Å². The van der Waals surface area contributed by atoms with Gasteiger partial charge in [0, 0.05) is 24.0 Å². The Morgan fingerprint density at radius 3 is 2.70 bits per heavy atom. The first-order valence-electron chi connectivity index (χ1n) is 7.05. The molecule has 0 saturated carbocycles. The summed E-state index contributed by atoms with van der Waals surface area (Å²) in [5, 5.41) is 9.42. The summed E-state index contributed by atoms with van der Waals surface area (Å²) in [6, 6.07) is 3.40. The van der Waals surface area contributed by atoms with Crippen LogP contribution in [0.2, 0.25) is 0 Å². The molecular formula is C16H18N4O2W. The van der Waals surface area contributed by atoms with E-state index in [0.29, 0.717) is 23.4 Å². The van der Waals surface area contributed by atoms with Gasteiger partial charge in [0.25, 0.3) is 5.91 Å². The number of fused-ring (bicyclic) bond motifs is 1. The zero-order chi connectivity index (χ0) is 16.1. The van der Waals surface area contributed by atoms with E-state index in [9.17, 15) is 9.59 Å². The van der Waals surface area contributed by atoms with E-state index in [0.717, 1.165) is 18.5 Å². The van der Waals surface area contributed by atoms with Crippen LogP contribution in [0, 0.1) is 13.8 Å². The second kappa shape index (κ2) is 8.63. The predicted octanol–water partition coefficient (Wildman–Crippen LogP) is 2.60. The smallest absolute Gasteiger partial charge is 0.346 e. The third kappa shape index (κ3) is 4.29. The molecule has 0 unspecified atom stereocenters. The van der Waals surface area contributed by atoms with Gasteiger partial charge < -0.3 is 12.2 Å². The number of hydrogen-bond acceptors (Lipinski definition) is 4. The zero-order valence-corrected chi connectivity index (χ0v) is 15.8. The Hall–Kier alpha value is -1.94. The normalized spacial score (nSPS) is 12.3. The van der Waals surface area contributed by atoms with Crippen molar-refractivity contribution in [3.63, 3.8) is 0 Å². The minimum absolute atomic E-state index is 0. The molecule has 0 aromatic carbocycles. The van der Waals surface area contributed by atoms with Gasteiger partial charge in [0.2, 0.25) is 0 Å². The first kappa shape index (κ1) is 19.1. The number of carbonyl (C=O) groups is 2. The van der Waals surface area contributed by atoms with Crippen LogP contribution in [0.3, 0.4) is 0 Å². The molecule has 0 saturated heterocycles. The first-order valence-corrected chi connectivity index (χ1v) is 7.05. The summed E-state index contributed by atoms with van der Waals surface area (Å²) >= 11 is 0. The van der Waals surface area contributed by atoms with Crippen LogP contribution in [0.25, 0.3) is 0 Å². The minimum Gasteiger partial charge on any atom is -0.346 e. The van der Waals surface area contributed by atoms with Gasteiger partial charge in [-0.2, -0.15) is 18.1 Å². The Bertz CT molecular complexity index is 680. The molecule has 1 aliphatic rings. The van der Waals surface area contributed by atoms with Crippen LogP contribution < -0.4 is 5.32 Å². The molecule has 2 N–H and O–H groups in total. The number of Topliss-reactive ketones (excluding diaryl/α,β-unsaturated/α-hetero) is 1. The van der Waals surface area contributed by atoms with Crippen LogP contribution >= 0.6 is 0 Å². The van der Waals surface area contributed by atoms with Crippen LogP contribution in [0.4, 0.5) is 5.69 Å².